The lowest BCUT2D eigenvalue weighted by atomic mass is 9.98. The minimum Gasteiger partial charge on any atom is -0.389 e. The van der Waals surface area contributed by atoms with E-state index < -0.39 is 29.4 Å². The highest BCUT2D eigenvalue weighted by molar-refractivity contribution is 6.06. The third-order valence-corrected chi connectivity index (χ3v) is 3.77. The van der Waals surface area contributed by atoms with E-state index in [4.69, 9.17) is 0 Å². The molecule has 120 valence electrons. The van der Waals surface area contributed by atoms with Crippen molar-refractivity contribution < 1.29 is 23.1 Å². The number of amides is 1. The van der Waals surface area contributed by atoms with Crippen LogP contribution in [0.4, 0.5) is 18.9 Å². The van der Waals surface area contributed by atoms with E-state index >= 15 is 0 Å². The molecule has 23 heavy (non-hydrogen) atoms. The van der Waals surface area contributed by atoms with Gasteiger partial charge in [-0.2, -0.15) is 13.2 Å². The van der Waals surface area contributed by atoms with E-state index in [0.29, 0.717) is 5.56 Å². The van der Waals surface area contributed by atoms with Crippen molar-refractivity contribution in [2.24, 2.45) is 0 Å². The number of fused-ring (bicyclic) bond motifs is 1. The van der Waals surface area contributed by atoms with Gasteiger partial charge in [0.25, 0.3) is 0 Å². The van der Waals surface area contributed by atoms with Gasteiger partial charge in [0.1, 0.15) is 0 Å². The molecule has 0 spiro atoms. The van der Waals surface area contributed by atoms with Crippen molar-refractivity contribution in [1.82, 2.24) is 4.98 Å². The first-order valence-electron chi connectivity index (χ1n) is 6.94. The second kappa shape index (κ2) is 5.34. The largest absolute Gasteiger partial charge is 0.389 e. The Bertz CT molecular complexity index is 778. The number of aliphatic hydroxyl groups excluding tert-OH is 1. The molecule has 0 aliphatic carbocycles. The number of pyridine rings is 1. The summed E-state index contributed by atoms with van der Waals surface area (Å²) in [5, 5.41) is 9.70. The Balaban J connectivity index is 2.08. The monoisotopic (exact) mass is 322 g/mol. The summed E-state index contributed by atoms with van der Waals surface area (Å²) in [4.78, 5) is 16.4. The van der Waals surface area contributed by atoms with E-state index in [0.717, 1.165) is 11.0 Å². The summed E-state index contributed by atoms with van der Waals surface area (Å²) in [6.45, 7) is 1.15. The van der Waals surface area contributed by atoms with Crippen LogP contribution < -0.4 is 4.90 Å². The zero-order valence-electron chi connectivity index (χ0n) is 12.1. The Kier molecular flexibility index (Phi) is 3.60. The van der Waals surface area contributed by atoms with E-state index in [1.54, 1.807) is 0 Å². The molecule has 3 rings (SSSR count). The van der Waals surface area contributed by atoms with Gasteiger partial charge >= 0.3 is 11.8 Å². The number of halogens is 3. The molecular weight excluding hydrogens is 309 g/mol. The van der Waals surface area contributed by atoms with Crippen molar-refractivity contribution in [3.63, 3.8) is 0 Å². The molecule has 0 radical (unpaired) electrons. The second-order valence-electron chi connectivity index (χ2n) is 5.37. The molecule has 1 aliphatic rings. The lowest BCUT2D eigenvalue weighted by Gasteiger charge is -2.17. The van der Waals surface area contributed by atoms with Gasteiger partial charge in [-0.1, -0.05) is 12.1 Å². The molecule has 0 bridgehead atoms. The Hall–Kier alpha value is -2.41. The molecular formula is C16H13F3N2O2. The number of hydrogen-bond donors (Lipinski definition) is 1. The maximum atomic E-state index is 14.4. The van der Waals surface area contributed by atoms with Gasteiger partial charge in [0.05, 0.1) is 23.9 Å². The normalized spacial score (nSPS) is 17.3. The third-order valence-electron chi connectivity index (χ3n) is 3.77. The molecule has 1 N–H and O–H groups in total. The number of aliphatic hydroxyl groups is 1. The average molecular weight is 322 g/mol. The minimum absolute atomic E-state index is 0.00394. The third kappa shape index (κ3) is 2.46. The molecule has 7 heteroatoms. The maximum absolute atomic E-state index is 14.4. The lowest BCUT2D eigenvalue weighted by Crippen LogP contribution is -2.34. The fourth-order valence-electron chi connectivity index (χ4n) is 2.74. The van der Waals surface area contributed by atoms with Crippen LogP contribution in [0.15, 0.2) is 36.5 Å². The van der Waals surface area contributed by atoms with Crippen LogP contribution in [0.5, 0.6) is 0 Å². The van der Waals surface area contributed by atoms with Crippen molar-refractivity contribution in [2.45, 2.75) is 25.5 Å². The van der Waals surface area contributed by atoms with Crippen molar-refractivity contribution in [2.75, 3.05) is 4.90 Å². The van der Waals surface area contributed by atoms with Crippen LogP contribution in [0, 0.1) is 5.95 Å². The minimum atomic E-state index is -3.73. The Labute approximate surface area is 130 Å². The number of aromatic nitrogens is 1. The zero-order valence-corrected chi connectivity index (χ0v) is 12.1. The summed E-state index contributed by atoms with van der Waals surface area (Å²) < 4.78 is 42.0. The van der Waals surface area contributed by atoms with E-state index in [2.05, 4.69) is 4.98 Å². The molecule has 0 fully saturated rings. The smallest absolute Gasteiger partial charge is 0.352 e. The molecule has 1 aromatic carbocycles. The Morgan fingerprint density at radius 3 is 2.74 bits per heavy atom. The fraction of sp³-hybridized carbons (Fsp3) is 0.250. The number of rotatable bonds is 3. The van der Waals surface area contributed by atoms with Crippen molar-refractivity contribution in [3.8, 4) is 0 Å². The van der Waals surface area contributed by atoms with Crippen LogP contribution >= 0.6 is 0 Å². The summed E-state index contributed by atoms with van der Waals surface area (Å²) in [6, 6.07) is 6.78. The first kappa shape index (κ1) is 15.5. The zero-order chi connectivity index (χ0) is 16.8. The Morgan fingerprint density at radius 2 is 2.09 bits per heavy atom. The fourth-order valence-corrected chi connectivity index (χ4v) is 2.74. The van der Waals surface area contributed by atoms with Gasteiger partial charge in [-0.05, 0) is 36.2 Å². The molecule has 1 aliphatic heterocycles. The molecule has 0 saturated heterocycles. The highest BCUT2D eigenvalue weighted by Crippen LogP contribution is 2.47. The van der Waals surface area contributed by atoms with Crippen LogP contribution in [-0.4, -0.2) is 16.0 Å². The van der Waals surface area contributed by atoms with E-state index in [9.17, 15) is 23.1 Å². The predicted octanol–water partition coefficient (Wildman–Crippen LogP) is 2.91. The van der Waals surface area contributed by atoms with Gasteiger partial charge in [-0.25, -0.2) is 4.98 Å². The van der Waals surface area contributed by atoms with Crippen molar-refractivity contribution in [3.05, 3.63) is 59.2 Å². The second-order valence-corrected chi connectivity index (χ2v) is 5.37. The van der Waals surface area contributed by atoms with Crippen molar-refractivity contribution in [1.29, 1.82) is 0 Å². The summed E-state index contributed by atoms with van der Waals surface area (Å²) in [7, 11) is 0. The molecule has 4 nitrogen and oxygen atoms in total. The lowest BCUT2D eigenvalue weighted by molar-refractivity contribution is -0.141. The van der Waals surface area contributed by atoms with E-state index in [1.165, 1.54) is 37.4 Å². The number of benzene rings is 1. The van der Waals surface area contributed by atoms with Crippen LogP contribution in [0.25, 0.3) is 0 Å². The maximum Gasteiger partial charge on any atom is 0.352 e. The van der Waals surface area contributed by atoms with Crippen molar-refractivity contribution >= 4 is 11.6 Å². The number of carbonyl (C=O) groups excluding carboxylic acids is 1. The number of anilines is 1. The molecule has 2 aromatic rings. The SMILES string of the molecule is C[C@@H](O)c1cccc2c1C(F)(F)C(=O)N2Cc1ccnc(F)c1. The predicted molar refractivity (Wildman–Crippen MR) is 76.4 cm³/mol. The topological polar surface area (TPSA) is 53.4 Å². The summed E-state index contributed by atoms with van der Waals surface area (Å²) in [6.07, 6.45) is 0.0678. The molecule has 1 amide bonds. The van der Waals surface area contributed by atoms with Gasteiger partial charge in [0.2, 0.25) is 5.95 Å². The van der Waals surface area contributed by atoms with Crippen LogP contribution in [0.2, 0.25) is 0 Å². The van der Waals surface area contributed by atoms with Gasteiger partial charge in [0, 0.05) is 6.20 Å². The van der Waals surface area contributed by atoms with E-state index in [-0.39, 0.29) is 17.8 Å². The summed E-state index contributed by atoms with van der Waals surface area (Å²) >= 11 is 0. The van der Waals surface area contributed by atoms with Gasteiger partial charge < -0.3 is 10.0 Å². The molecule has 2 heterocycles. The number of carbonyl (C=O) groups is 1. The molecule has 0 saturated carbocycles. The highest BCUT2D eigenvalue weighted by Gasteiger charge is 2.54. The van der Waals surface area contributed by atoms with Crippen LogP contribution in [0.1, 0.15) is 29.7 Å². The summed E-state index contributed by atoms with van der Waals surface area (Å²) in [5.74, 6) is -5.87. The number of alkyl halides is 2. The molecule has 1 atom stereocenters. The van der Waals surface area contributed by atoms with Gasteiger partial charge in [-0.15, -0.1) is 0 Å². The van der Waals surface area contributed by atoms with Crippen LogP contribution in [-0.2, 0) is 17.3 Å². The first-order chi connectivity index (χ1) is 10.8. The van der Waals surface area contributed by atoms with Gasteiger partial charge in [0.15, 0.2) is 0 Å². The molecule has 0 unspecified atom stereocenters. The number of nitrogens with zero attached hydrogens (tertiary/aromatic N) is 2. The quantitative estimate of drug-likeness (QED) is 0.884. The van der Waals surface area contributed by atoms with Gasteiger partial charge in [-0.3, -0.25) is 4.79 Å². The first-order valence-corrected chi connectivity index (χ1v) is 6.94. The number of hydrogen-bond acceptors (Lipinski definition) is 3. The Morgan fingerprint density at radius 1 is 1.35 bits per heavy atom. The standard InChI is InChI=1S/C16H13F3N2O2/c1-9(22)11-3-2-4-12-14(11)16(18,19)15(23)21(12)8-10-5-6-20-13(17)7-10/h2-7,9,22H,8H2,1H3/t9-/m1/s1. The van der Waals surface area contributed by atoms with Crippen LogP contribution in [0.3, 0.4) is 0 Å². The molecule has 1 aromatic heterocycles. The highest BCUT2D eigenvalue weighted by atomic mass is 19.3. The average Bonchev–Trinajstić information content (AvgIpc) is 2.68. The summed E-state index contributed by atoms with van der Waals surface area (Å²) in [5.41, 5.74) is -0.119. The van der Waals surface area contributed by atoms with E-state index in [1.807, 2.05) is 0 Å².